The normalized spacial score (nSPS) is 12.4. The smallest absolute Gasteiger partial charge is 0.233 e. The minimum Gasteiger partial charge on any atom is -0.409 e. The Labute approximate surface area is 118 Å². The third-order valence-corrected chi connectivity index (χ3v) is 3.70. The van der Waals surface area contributed by atoms with Crippen LogP contribution < -0.4 is 11.1 Å². The van der Waals surface area contributed by atoms with Crippen molar-refractivity contribution in [2.75, 3.05) is 6.54 Å². The average Bonchev–Trinajstić information content (AvgIpc) is 2.86. The van der Waals surface area contributed by atoms with E-state index in [1.165, 1.54) is 0 Å². The summed E-state index contributed by atoms with van der Waals surface area (Å²) < 4.78 is 1.72. The molecule has 0 aliphatic heterocycles. The number of nitrogens with two attached hydrogens (primary N) is 1. The van der Waals surface area contributed by atoms with E-state index in [2.05, 4.69) is 15.6 Å². The number of hydrogen-bond donors (Lipinski definition) is 3. The Morgan fingerprint density at radius 3 is 2.65 bits per heavy atom. The Bertz CT molecular complexity index is 477. The van der Waals surface area contributed by atoms with Crippen LogP contribution in [0.4, 0.5) is 0 Å². The predicted octanol–water partition coefficient (Wildman–Crippen LogP) is 0.632. The first-order chi connectivity index (χ1) is 9.50. The Balaban J connectivity index is 2.63. The molecular weight excluding hydrogens is 258 g/mol. The van der Waals surface area contributed by atoms with Crippen LogP contribution in [0.5, 0.6) is 0 Å². The molecular formula is C13H23N5O2. The molecule has 4 N–H and O–H groups in total. The van der Waals surface area contributed by atoms with Gasteiger partial charge in [0.05, 0.1) is 6.20 Å². The highest BCUT2D eigenvalue weighted by molar-refractivity contribution is 6.06. The summed E-state index contributed by atoms with van der Waals surface area (Å²) in [5.41, 5.74) is 5.80. The van der Waals surface area contributed by atoms with E-state index in [1.54, 1.807) is 10.9 Å². The maximum Gasteiger partial charge on any atom is 0.233 e. The van der Waals surface area contributed by atoms with Gasteiger partial charge in [-0.3, -0.25) is 9.48 Å². The van der Waals surface area contributed by atoms with Crippen molar-refractivity contribution in [1.82, 2.24) is 15.1 Å². The molecule has 0 atom stereocenters. The van der Waals surface area contributed by atoms with Crippen LogP contribution in [0.2, 0.25) is 0 Å². The van der Waals surface area contributed by atoms with Gasteiger partial charge in [-0.25, -0.2) is 0 Å². The molecule has 0 aromatic carbocycles. The van der Waals surface area contributed by atoms with Gasteiger partial charge in [0, 0.05) is 19.8 Å². The van der Waals surface area contributed by atoms with E-state index in [0.29, 0.717) is 25.8 Å². The molecule has 1 aromatic heterocycles. The lowest BCUT2D eigenvalue weighted by atomic mass is 9.80. The lowest BCUT2D eigenvalue weighted by molar-refractivity contribution is -0.127. The van der Waals surface area contributed by atoms with Crippen LogP contribution in [-0.2, 0) is 18.3 Å². The highest BCUT2D eigenvalue weighted by Crippen LogP contribution is 2.26. The summed E-state index contributed by atoms with van der Waals surface area (Å²) in [6.45, 7) is 4.19. The van der Waals surface area contributed by atoms with Gasteiger partial charge in [-0.2, -0.15) is 5.10 Å². The van der Waals surface area contributed by atoms with E-state index in [4.69, 9.17) is 10.9 Å². The Morgan fingerprint density at radius 2 is 2.20 bits per heavy atom. The zero-order valence-corrected chi connectivity index (χ0v) is 12.3. The molecule has 0 unspecified atom stereocenters. The molecule has 112 valence electrons. The van der Waals surface area contributed by atoms with Gasteiger partial charge < -0.3 is 16.3 Å². The maximum atomic E-state index is 12.3. The van der Waals surface area contributed by atoms with Gasteiger partial charge in [-0.1, -0.05) is 19.0 Å². The second-order valence-electron chi connectivity index (χ2n) is 4.80. The topological polar surface area (TPSA) is 106 Å². The lowest BCUT2D eigenvalue weighted by Crippen LogP contribution is -2.49. The van der Waals surface area contributed by atoms with Gasteiger partial charge in [0.25, 0.3) is 0 Å². The van der Waals surface area contributed by atoms with E-state index in [-0.39, 0.29) is 11.7 Å². The van der Waals surface area contributed by atoms with Gasteiger partial charge in [0.2, 0.25) is 5.91 Å². The number of amidine groups is 1. The third-order valence-electron chi connectivity index (χ3n) is 3.70. The standard InChI is InChI=1S/C13H23N5O2/c1-4-13(5-2,11(14)17-20)12(19)15-7-6-10-8-16-18(3)9-10/h8-9,20H,4-7H2,1-3H3,(H2,14,17)(H,15,19). The van der Waals surface area contributed by atoms with Gasteiger partial charge in [-0.15, -0.1) is 0 Å². The highest BCUT2D eigenvalue weighted by Gasteiger charge is 2.39. The number of oxime groups is 1. The molecule has 1 rings (SSSR count). The van der Waals surface area contributed by atoms with Crippen LogP contribution in [-0.4, -0.2) is 33.3 Å². The van der Waals surface area contributed by atoms with Crippen LogP contribution in [0.3, 0.4) is 0 Å². The molecule has 0 saturated carbocycles. The van der Waals surface area contributed by atoms with E-state index in [1.807, 2.05) is 27.1 Å². The summed E-state index contributed by atoms with van der Waals surface area (Å²) in [6, 6.07) is 0. The van der Waals surface area contributed by atoms with Crippen molar-refractivity contribution >= 4 is 11.7 Å². The second-order valence-corrected chi connectivity index (χ2v) is 4.80. The van der Waals surface area contributed by atoms with Gasteiger partial charge in [-0.05, 0) is 24.8 Å². The lowest BCUT2D eigenvalue weighted by Gasteiger charge is -2.28. The van der Waals surface area contributed by atoms with E-state index < -0.39 is 5.41 Å². The fourth-order valence-electron chi connectivity index (χ4n) is 2.24. The molecule has 0 aliphatic carbocycles. The van der Waals surface area contributed by atoms with Gasteiger partial charge in [0.1, 0.15) is 5.41 Å². The zero-order chi connectivity index (χ0) is 15.2. The minimum atomic E-state index is -0.941. The maximum absolute atomic E-state index is 12.3. The minimum absolute atomic E-state index is 0.0404. The highest BCUT2D eigenvalue weighted by atomic mass is 16.4. The third kappa shape index (κ3) is 3.28. The number of aryl methyl sites for hydroxylation is 1. The number of nitrogens with one attached hydrogen (secondary N) is 1. The number of rotatable bonds is 7. The predicted molar refractivity (Wildman–Crippen MR) is 76.3 cm³/mol. The summed E-state index contributed by atoms with van der Waals surface area (Å²) in [5, 5.41) is 18.8. The molecule has 0 aliphatic rings. The largest absolute Gasteiger partial charge is 0.409 e. The first-order valence-electron chi connectivity index (χ1n) is 6.74. The van der Waals surface area contributed by atoms with Crippen molar-refractivity contribution < 1.29 is 10.0 Å². The number of aromatic nitrogens is 2. The summed E-state index contributed by atoms with van der Waals surface area (Å²) in [7, 11) is 1.85. The van der Waals surface area contributed by atoms with E-state index in [0.717, 1.165) is 5.56 Å². The molecule has 1 aromatic rings. The van der Waals surface area contributed by atoms with E-state index >= 15 is 0 Å². The summed E-state index contributed by atoms with van der Waals surface area (Å²) in [4.78, 5) is 12.3. The first kappa shape index (κ1) is 16.0. The molecule has 0 radical (unpaired) electrons. The number of carbonyl (C=O) groups is 1. The molecule has 20 heavy (non-hydrogen) atoms. The molecule has 1 heterocycles. The Hall–Kier alpha value is -2.05. The van der Waals surface area contributed by atoms with Crippen LogP contribution >= 0.6 is 0 Å². The van der Waals surface area contributed by atoms with Gasteiger partial charge in [0.15, 0.2) is 5.84 Å². The Morgan fingerprint density at radius 1 is 1.55 bits per heavy atom. The molecule has 0 fully saturated rings. The number of nitrogens with zero attached hydrogens (tertiary/aromatic N) is 3. The number of carbonyl (C=O) groups excluding carboxylic acids is 1. The quantitative estimate of drug-likeness (QED) is 0.295. The second kappa shape index (κ2) is 6.93. The number of amides is 1. The molecule has 7 nitrogen and oxygen atoms in total. The summed E-state index contributed by atoms with van der Waals surface area (Å²) in [5.74, 6) is -0.247. The van der Waals surface area contributed by atoms with Crippen molar-refractivity contribution in [1.29, 1.82) is 0 Å². The molecule has 7 heteroatoms. The zero-order valence-electron chi connectivity index (χ0n) is 12.3. The number of hydrogen-bond acceptors (Lipinski definition) is 4. The van der Waals surface area contributed by atoms with Crippen molar-refractivity contribution in [3.05, 3.63) is 18.0 Å². The molecule has 1 amide bonds. The van der Waals surface area contributed by atoms with Crippen LogP contribution in [0.15, 0.2) is 17.5 Å². The SMILES string of the molecule is CCC(CC)(C(=O)NCCc1cnn(C)c1)C(N)=NO. The summed E-state index contributed by atoms with van der Waals surface area (Å²) >= 11 is 0. The van der Waals surface area contributed by atoms with Crippen LogP contribution in [0, 0.1) is 5.41 Å². The van der Waals surface area contributed by atoms with Crippen molar-refractivity contribution in [2.24, 2.45) is 23.4 Å². The van der Waals surface area contributed by atoms with Crippen LogP contribution in [0.1, 0.15) is 32.3 Å². The van der Waals surface area contributed by atoms with Crippen LogP contribution in [0.25, 0.3) is 0 Å². The molecule has 0 bridgehead atoms. The van der Waals surface area contributed by atoms with E-state index in [9.17, 15) is 4.79 Å². The molecule has 0 saturated heterocycles. The fraction of sp³-hybridized carbons (Fsp3) is 0.615. The average molecular weight is 281 g/mol. The van der Waals surface area contributed by atoms with Crippen molar-refractivity contribution in [2.45, 2.75) is 33.1 Å². The van der Waals surface area contributed by atoms with Crippen molar-refractivity contribution in [3.63, 3.8) is 0 Å². The van der Waals surface area contributed by atoms with Gasteiger partial charge >= 0.3 is 0 Å². The Kier molecular flexibility index (Phi) is 5.54. The van der Waals surface area contributed by atoms with Crippen molar-refractivity contribution in [3.8, 4) is 0 Å². The first-order valence-corrected chi connectivity index (χ1v) is 6.74. The fourth-order valence-corrected chi connectivity index (χ4v) is 2.24. The summed E-state index contributed by atoms with van der Waals surface area (Å²) in [6.07, 6.45) is 5.33. The molecule has 0 spiro atoms. The monoisotopic (exact) mass is 281 g/mol.